The molecule has 0 aliphatic carbocycles. The van der Waals surface area contributed by atoms with Gasteiger partial charge in [0.15, 0.2) is 12.6 Å². The Kier molecular flexibility index (Phi) is 19.6. The van der Waals surface area contributed by atoms with E-state index in [1.807, 2.05) is 341 Å². The lowest BCUT2D eigenvalue weighted by atomic mass is 9.62. The Bertz CT molecular complexity index is 6890. The molecule has 2 saturated heterocycles. The fourth-order valence-electron chi connectivity index (χ4n) is 20.5. The maximum Gasteiger partial charge on any atom is 0.530 e. The highest BCUT2D eigenvalue weighted by molar-refractivity contribution is 7.43. The van der Waals surface area contributed by atoms with Crippen molar-refractivity contribution in [1.29, 1.82) is 0 Å². The standard InChI is InChI=1S/C46H37O9P.C33H23O5P.C31H19O5P/c1-28-26-47-44(29-14-4-2-5-15-29)51-42(28)43-39(27-48-45(52-43)30-16-6-3-7-17-30)55-56-53-37-24-12-22-35-40(37)46(31-18-8-10-20-33(31)49-35)32-19-9-11-21-34(32)50-36-23-13-25-38(54-56)41(36)46;1-20-10-7-11-21(2)32(20)38-39-36-28-18-8-16-26-30(28)33(22-12-3-5-14-24(22)34-26)23-13-4-6-15-25(23)35-27-17-9-19-29(37-39)31(27)33;1-2-10-20(11-3-1)34-37-35-27-18-8-16-25-29(27)31(21-12-4-6-14-23(21)32-25)22-13-5-7-15-24(22)33-26-17-9-19-28(36-37)30(26)31/h2-25,28,39,42-45H,26-27H2,1H3;3-19H,1-2H3;1-19H/t28-,39?,42-,43-,44?,45?,46?;;/m1../s1. The minimum Gasteiger partial charge on any atom is -0.457 e. The third-order valence-electron chi connectivity index (χ3n) is 25.9. The molecule has 11 aliphatic heterocycles. The molecule has 3 unspecified atom stereocenters. The summed E-state index contributed by atoms with van der Waals surface area (Å²) in [6.07, 6.45) is -2.81. The lowest BCUT2D eigenvalue weighted by Gasteiger charge is -2.47. The molecule has 0 bridgehead atoms. The zero-order valence-electron chi connectivity index (χ0n) is 71.1. The van der Waals surface area contributed by atoms with Crippen LogP contribution in [0, 0.1) is 19.8 Å². The van der Waals surface area contributed by atoms with E-state index in [1.165, 1.54) is 0 Å². The number of ether oxygens (including phenoxy) is 10. The van der Waals surface area contributed by atoms with Crippen molar-refractivity contribution in [2.24, 2.45) is 5.92 Å². The first-order valence-electron chi connectivity index (χ1n) is 43.8. The van der Waals surface area contributed by atoms with Gasteiger partial charge in [-0.1, -0.05) is 250 Å². The lowest BCUT2D eigenvalue weighted by Crippen LogP contribution is -2.54. The second kappa shape index (κ2) is 32.4. The van der Waals surface area contributed by atoms with Crippen LogP contribution < -0.4 is 64.6 Å². The molecule has 0 radical (unpaired) electrons. The topological polar surface area (TPSA) is 175 Å². The number of hydrogen-bond acceptors (Lipinski definition) is 19. The highest BCUT2D eigenvalue weighted by atomic mass is 31.2. The highest BCUT2D eigenvalue weighted by Gasteiger charge is 2.60. The molecule has 3 spiro atoms. The summed E-state index contributed by atoms with van der Waals surface area (Å²) in [4.78, 5) is 0. The fraction of sp³-hybridized carbons (Fsp3) is 0.127. The van der Waals surface area contributed by atoms with Crippen molar-refractivity contribution in [2.45, 2.75) is 67.9 Å². The van der Waals surface area contributed by atoms with Crippen molar-refractivity contribution >= 4 is 25.8 Å². The molecule has 6 atom stereocenters. The van der Waals surface area contributed by atoms with E-state index in [9.17, 15) is 0 Å². The second-order valence-corrected chi connectivity index (χ2v) is 36.5. The van der Waals surface area contributed by atoms with Crippen LogP contribution >= 0.6 is 25.8 Å². The number of fused-ring (bicyclic) bond motifs is 6. The molecule has 132 heavy (non-hydrogen) atoms. The summed E-state index contributed by atoms with van der Waals surface area (Å²) in [5, 5.41) is 0. The zero-order chi connectivity index (χ0) is 87.8. The van der Waals surface area contributed by atoms with Crippen LogP contribution in [0.15, 0.2) is 364 Å². The van der Waals surface area contributed by atoms with Gasteiger partial charge in [-0.05, 0) is 146 Å². The molecule has 11 aliphatic rings. The number of benzene rings is 16. The summed E-state index contributed by atoms with van der Waals surface area (Å²) in [6.45, 7) is 6.84. The molecule has 16 aromatic rings. The van der Waals surface area contributed by atoms with Crippen LogP contribution in [-0.2, 0) is 39.7 Å². The van der Waals surface area contributed by atoms with Gasteiger partial charge in [-0.3, -0.25) is 4.52 Å². The van der Waals surface area contributed by atoms with Gasteiger partial charge in [0.05, 0.1) is 68.9 Å². The van der Waals surface area contributed by atoms with E-state index in [-0.39, 0.29) is 12.5 Å². The molecule has 0 N–H and O–H groups in total. The summed E-state index contributed by atoms with van der Waals surface area (Å²) < 4.78 is 126. The average molecular weight is 1800 g/mol. The van der Waals surface area contributed by atoms with Crippen molar-refractivity contribution in [3.05, 3.63) is 453 Å². The van der Waals surface area contributed by atoms with E-state index in [2.05, 4.69) is 43.3 Å². The van der Waals surface area contributed by atoms with Crippen LogP contribution in [0.5, 0.6) is 115 Å². The van der Waals surface area contributed by atoms with Gasteiger partial charge in [0.1, 0.15) is 127 Å². The molecule has 648 valence electrons. The predicted molar refractivity (Wildman–Crippen MR) is 497 cm³/mol. The zero-order valence-corrected chi connectivity index (χ0v) is 73.8. The third kappa shape index (κ3) is 12.9. The quantitative estimate of drug-likeness (QED) is 0.125. The van der Waals surface area contributed by atoms with E-state index in [4.69, 9.17) is 88.1 Å². The SMILES string of the molecule is C[C@@H]1COC(c2ccccc2)O[C@H]1[C@@H]1OC(c2ccccc2)OCC1OP1Oc2cccc3c2C2(c4ccccc4O3)c3ccccc3Oc3cccc(c32)O1.Cc1cccc(C)c1OP1Oc2cccc3c2C2(c4ccccc4O3)c3ccccc3Oc3cccc(c32)O1.c1ccc(OP2Oc3cccc4c3C3(c5ccccc5O4)c4ccccc4Oc4cccc(c43)O2)cc1. The molecule has 16 aromatic carbocycles. The first-order chi connectivity index (χ1) is 65.1. The van der Waals surface area contributed by atoms with Gasteiger partial charge in [-0.25, -0.2) is 0 Å². The van der Waals surface area contributed by atoms with Crippen LogP contribution in [0.2, 0.25) is 0 Å². The van der Waals surface area contributed by atoms with Crippen molar-refractivity contribution in [3.8, 4) is 115 Å². The number of para-hydroxylation sites is 8. The molecule has 11 heterocycles. The van der Waals surface area contributed by atoms with Crippen LogP contribution in [0.3, 0.4) is 0 Å². The first kappa shape index (κ1) is 79.9. The Labute approximate surface area is 764 Å². The molecular weight excluding hydrogens is 1720 g/mol. The first-order valence-corrected chi connectivity index (χ1v) is 47.1. The van der Waals surface area contributed by atoms with Gasteiger partial charge in [0.2, 0.25) is 0 Å². The lowest BCUT2D eigenvalue weighted by molar-refractivity contribution is -0.321. The van der Waals surface area contributed by atoms with Crippen molar-refractivity contribution in [1.82, 2.24) is 0 Å². The van der Waals surface area contributed by atoms with E-state index in [0.717, 1.165) is 152 Å². The Morgan fingerprint density at radius 1 is 0.250 bits per heavy atom. The molecular formula is C110H79O19P3. The Balaban J connectivity index is 0.000000110. The number of aryl methyl sites for hydroxylation is 2. The molecule has 0 amide bonds. The minimum absolute atomic E-state index is 0.0233. The van der Waals surface area contributed by atoms with E-state index < -0.39 is 72.9 Å². The van der Waals surface area contributed by atoms with Gasteiger partial charge in [-0.15, -0.1) is 0 Å². The highest BCUT2D eigenvalue weighted by Crippen LogP contribution is 2.73. The van der Waals surface area contributed by atoms with Gasteiger partial charge in [0.25, 0.3) is 0 Å². The molecule has 0 saturated carbocycles. The van der Waals surface area contributed by atoms with Crippen molar-refractivity contribution < 1.29 is 88.1 Å². The number of rotatable bonds is 9. The van der Waals surface area contributed by atoms with Crippen molar-refractivity contribution in [3.63, 3.8) is 0 Å². The summed E-state index contributed by atoms with van der Waals surface area (Å²) in [5.74, 6) is 14.1. The molecule has 19 nitrogen and oxygen atoms in total. The van der Waals surface area contributed by atoms with Crippen LogP contribution in [0.4, 0.5) is 0 Å². The predicted octanol–water partition coefficient (Wildman–Crippen LogP) is 27.9. The molecule has 22 heteroatoms. The monoisotopic (exact) mass is 1800 g/mol. The van der Waals surface area contributed by atoms with E-state index >= 15 is 0 Å². The minimum atomic E-state index is -2.12. The summed E-state index contributed by atoms with van der Waals surface area (Å²) in [5.41, 5.74) is 12.7. The fourth-order valence-corrected chi connectivity index (χ4v) is 23.8. The maximum absolute atomic E-state index is 6.98. The molecule has 27 rings (SSSR count). The smallest absolute Gasteiger partial charge is 0.457 e. The summed E-state index contributed by atoms with van der Waals surface area (Å²) >= 11 is 0. The second-order valence-electron chi connectivity index (χ2n) is 33.5. The van der Waals surface area contributed by atoms with Crippen molar-refractivity contribution in [2.75, 3.05) is 13.2 Å². The molecule has 2 fully saturated rings. The van der Waals surface area contributed by atoms with Gasteiger partial charge in [0, 0.05) is 50.4 Å². The van der Waals surface area contributed by atoms with Gasteiger partial charge in [-0.2, -0.15) is 0 Å². The summed E-state index contributed by atoms with van der Waals surface area (Å²) in [7, 11) is -5.83. The largest absolute Gasteiger partial charge is 0.530 e. The number of hydrogen-bond donors (Lipinski definition) is 0. The van der Waals surface area contributed by atoms with Crippen LogP contribution in [0.25, 0.3) is 0 Å². The van der Waals surface area contributed by atoms with E-state index in [1.54, 1.807) is 0 Å². The van der Waals surface area contributed by atoms with Crippen LogP contribution in [-0.4, -0.2) is 31.5 Å². The van der Waals surface area contributed by atoms with Gasteiger partial charge >= 0.3 is 25.8 Å². The Hall–Kier alpha value is -14.2. The van der Waals surface area contributed by atoms with Crippen LogP contribution in [0.1, 0.15) is 109 Å². The molecule has 0 aromatic heterocycles. The third-order valence-corrected chi connectivity index (χ3v) is 29.1. The van der Waals surface area contributed by atoms with E-state index in [0.29, 0.717) is 58.4 Å². The maximum atomic E-state index is 6.98. The average Bonchev–Trinajstić information content (AvgIpc) is 0.687. The summed E-state index contributed by atoms with van der Waals surface area (Å²) in [6, 6.07) is 120. The normalized spacial score (nSPS) is 20.5. The Morgan fingerprint density at radius 3 is 0.841 bits per heavy atom. The Morgan fingerprint density at radius 2 is 0.508 bits per heavy atom. The van der Waals surface area contributed by atoms with Gasteiger partial charge < -0.3 is 83.6 Å².